The van der Waals surface area contributed by atoms with Gasteiger partial charge in [0.25, 0.3) is 0 Å². The summed E-state index contributed by atoms with van der Waals surface area (Å²) in [6.07, 6.45) is 6.92. The first-order valence-corrected chi connectivity index (χ1v) is 9.04. The normalized spacial score (nSPS) is 37.0. The second-order valence-electron chi connectivity index (χ2n) is 7.26. The minimum Gasteiger partial charge on any atom is -0.353 e. The lowest BCUT2D eigenvalue weighted by atomic mass is 9.78. The smallest absolute Gasteiger partial charge is 0.353 e. The zero-order valence-electron chi connectivity index (χ0n) is 13.6. The zero-order valence-corrected chi connectivity index (χ0v) is 13.6. The van der Waals surface area contributed by atoms with E-state index < -0.39 is 12.1 Å². The molecular formula is C18H27F3O2. The van der Waals surface area contributed by atoms with Crippen LogP contribution in [-0.4, -0.2) is 25.2 Å². The summed E-state index contributed by atoms with van der Waals surface area (Å²) in [4.78, 5) is 0. The summed E-state index contributed by atoms with van der Waals surface area (Å²) >= 11 is 0. The molecule has 5 heteroatoms. The topological polar surface area (TPSA) is 18.5 Å². The number of hydrogen-bond acceptors (Lipinski definition) is 2. The third-order valence-corrected chi connectivity index (χ3v) is 5.26. The van der Waals surface area contributed by atoms with E-state index in [-0.39, 0.29) is 31.2 Å². The second-order valence-corrected chi connectivity index (χ2v) is 7.26. The van der Waals surface area contributed by atoms with E-state index >= 15 is 0 Å². The average Bonchev–Trinajstić information content (AvgIpc) is 3.32. The highest BCUT2D eigenvalue weighted by molar-refractivity contribution is 5.02. The van der Waals surface area contributed by atoms with Crippen molar-refractivity contribution in [3.8, 4) is 0 Å². The Balaban J connectivity index is 1.61. The Morgan fingerprint density at radius 2 is 1.74 bits per heavy atom. The maximum absolute atomic E-state index is 13.1. The minimum absolute atomic E-state index is 0.133. The first-order valence-electron chi connectivity index (χ1n) is 9.04. The van der Waals surface area contributed by atoms with Crippen molar-refractivity contribution in [1.82, 2.24) is 0 Å². The van der Waals surface area contributed by atoms with E-state index in [0.29, 0.717) is 18.9 Å². The second kappa shape index (κ2) is 7.56. The molecule has 3 aliphatic rings. The van der Waals surface area contributed by atoms with Crippen molar-refractivity contribution >= 4 is 0 Å². The van der Waals surface area contributed by atoms with Crippen LogP contribution < -0.4 is 0 Å². The molecule has 0 aromatic heterocycles. The molecular weight excluding hydrogens is 305 g/mol. The summed E-state index contributed by atoms with van der Waals surface area (Å²) in [5, 5.41) is 0. The van der Waals surface area contributed by atoms with Crippen LogP contribution in [0.4, 0.5) is 13.2 Å². The minimum atomic E-state index is -4.09. The molecule has 132 valence electrons. The summed E-state index contributed by atoms with van der Waals surface area (Å²) in [5.41, 5.74) is 0. The third-order valence-electron chi connectivity index (χ3n) is 5.26. The lowest BCUT2D eigenvalue weighted by Gasteiger charge is -2.37. The molecule has 0 aromatic carbocycles. The number of alkyl halides is 3. The first-order chi connectivity index (χ1) is 11.0. The van der Waals surface area contributed by atoms with Crippen LogP contribution in [0.15, 0.2) is 12.2 Å². The van der Waals surface area contributed by atoms with E-state index in [2.05, 4.69) is 6.08 Å². The molecule has 0 amide bonds. The van der Waals surface area contributed by atoms with Gasteiger partial charge in [-0.2, -0.15) is 13.2 Å². The zero-order chi connectivity index (χ0) is 16.3. The van der Waals surface area contributed by atoms with Gasteiger partial charge in [-0.3, -0.25) is 0 Å². The number of hydrogen-bond donors (Lipinski definition) is 0. The molecule has 1 saturated heterocycles. The van der Waals surface area contributed by atoms with Gasteiger partial charge in [0.1, 0.15) is 0 Å². The fraction of sp³-hybridized carbons (Fsp3) is 0.889. The van der Waals surface area contributed by atoms with E-state index in [9.17, 15) is 13.2 Å². The van der Waals surface area contributed by atoms with Gasteiger partial charge in [-0.25, -0.2) is 0 Å². The van der Waals surface area contributed by atoms with Gasteiger partial charge in [0.05, 0.1) is 12.0 Å². The highest BCUT2D eigenvalue weighted by Crippen LogP contribution is 2.42. The summed E-state index contributed by atoms with van der Waals surface area (Å²) < 4.78 is 51.0. The molecule has 0 radical (unpaired) electrons. The van der Waals surface area contributed by atoms with Crippen molar-refractivity contribution in [2.24, 2.45) is 17.8 Å². The van der Waals surface area contributed by atoms with Crippen molar-refractivity contribution in [1.29, 1.82) is 0 Å². The van der Waals surface area contributed by atoms with Gasteiger partial charge in [-0.05, 0) is 57.3 Å². The summed E-state index contributed by atoms with van der Waals surface area (Å²) in [5.74, 6) is -0.745. The molecule has 2 nitrogen and oxygen atoms in total. The summed E-state index contributed by atoms with van der Waals surface area (Å²) in [7, 11) is 0. The molecule has 0 N–H and O–H groups in total. The van der Waals surface area contributed by atoms with Crippen LogP contribution in [0.25, 0.3) is 0 Å². The molecule has 2 saturated carbocycles. The van der Waals surface area contributed by atoms with Gasteiger partial charge in [-0.15, -0.1) is 0 Å². The van der Waals surface area contributed by atoms with Crippen LogP contribution in [0, 0.1) is 17.8 Å². The molecule has 4 atom stereocenters. The van der Waals surface area contributed by atoms with E-state index in [0.717, 1.165) is 25.7 Å². The van der Waals surface area contributed by atoms with Gasteiger partial charge >= 0.3 is 6.18 Å². The lowest BCUT2D eigenvalue weighted by molar-refractivity contribution is -0.214. The maximum atomic E-state index is 13.1. The number of rotatable bonds is 4. The highest BCUT2D eigenvalue weighted by atomic mass is 19.4. The highest BCUT2D eigenvalue weighted by Gasteiger charge is 2.45. The van der Waals surface area contributed by atoms with Crippen LogP contribution >= 0.6 is 0 Å². The van der Waals surface area contributed by atoms with Crippen LogP contribution in [0.2, 0.25) is 0 Å². The Morgan fingerprint density at radius 3 is 2.48 bits per heavy atom. The average molecular weight is 332 g/mol. The molecule has 0 bridgehead atoms. The van der Waals surface area contributed by atoms with Crippen molar-refractivity contribution < 1.29 is 22.6 Å². The Hall–Kier alpha value is -0.550. The monoisotopic (exact) mass is 332 g/mol. The van der Waals surface area contributed by atoms with Crippen molar-refractivity contribution in [2.45, 2.75) is 76.4 Å². The SMILES string of the molecule is FC(F)(F)C1CCC(OC2CCCCCO2)C(/C=C/C2CC2)C1. The van der Waals surface area contributed by atoms with Gasteiger partial charge in [0.2, 0.25) is 0 Å². The fourth-order valence-electron chi connectivity index (χ4n) is 3.63. The van der Waals surface area contributed by atoms with E-state index in [1.165, 1.54) is 12.8 Å². The van der Waals surface area contributed by atoms with Crippen LogP contribution in [0.5, 0.6) is 0 Å². The van der Waals surface area contributed by atoms with Crippen molar-refractivity contribution in [3.05, 3.63) is 12.2 Å². The van der Waals surface area contributed by atoms with E-state index in [1.54, 1.807) is 0 Å². The van der Waals surface area contributed by atoms with Crippen molar-refractivity contribution in [3.63, 3.8) is 0 Å². The molecule has 3 rings (SSSR count). The van der Waals surface area contributed by atoms with E-state index in [4.69, 9.17) is 9.47 Å². The molecule has 1 heterocycles. The molecule has 3 fully saturated rings. The van der Waals surface area contributed by atoms with Crippen LogP contribution in [-0.2, 0) is 9.47 Å². The Kier molecular flexibility index (Phi) is 5.68. The predicted molar refractivity (Wildman–Crippen MR) is 81.8 cm³/mol. The van der Waals surface area contributed by atoms with Gasteiger partial charge in [0.15, 0.2) is 6.29 Å². The van der Waals surface area contributed by atoms with E-state index in [1.807, 2.05) is 6.08 Å². The number of ether oxygens (including phenoxy) is 2. The van der Waals surface area contributed by atoms with Crippen molar-refractivity contribution in [2.75, 3.05) is 6.61 Å². The quantitative estimate of drug-likeness (QED) is 0.656. The Bertz CT molecular complexity index is 396. The largest absolute Gasteiger partial charge is 0.391 e. The summed E-state index contributed by atoms with van der Waals surface area (Å²) in [6, 6.07) is 0. The predicted octanol–water partition coefficient (Wildman–Crippen LogP) is 5.23. The number of halogens is 3. The third kappa shape index (κ3) is 5.21. The Labute approximate surface area is 136 Å². The standard InChI is InChI=1S/C18H27F3O2/c19-18(20,21)15-9-10-16(14(12-15)8-7-13-5-6-13)23-17-4-2-1-3-11-22-17/h7-8,13-17H,1-6,9-12H2/b8-7+. The first kappa shape index (κ1) is 17.3. The van der Waals surface area contributed by atoms with Gasteiger partial charge < -0.3 is 9.47 Å². The number of allylic oxidation sites excluding steroid dienone is 1. The molecule has 2 aliphatic carbocycles. The van der Waals surface area contributed by atoms with Crippen LogP contribution in [0.3, 0.4) is 0 Å². The lowest BCUT2D eigenvalue weighted by Crippen LogP contribution is -2.38. The van der Waals surface area contributed by atoms with Gasteiger partial charge in [0, 0.05) is 12.5 Å². The molecule has 4 unspecified atom stereocenters. The fourth-order valence-corrected chi connectivity index (χ4v) is 3.63. The molecule has 23 heavy (non-hydrogen) atoms. The molecule has 0 aromatic rings. The Morgan fingerprint density at radius 1 is 0.913 bits per heavy atom. The summed E-state index contributed by atoms with van der Waals surface area (Å²) in [6.45, 7) is 0.700. The molecule has 1 aliphatic heterocycles. The molecule has 0 spiro atoms. The van der Waals surface area contributed by atoms with Gasteiger partial charge in [-0.1, -0.05) is 18.6 Å². The van der Waals surface area contributed by atoms with Crippen LogP contribution in [0.1, 0.15) is 57.8 Å². The maximum Gasteiger partial charge on any atom is 0.391 e.